The summed E-state index contributed by atoms with van der Waals surface area (Å²) in [6.45, 7) is 4.11. The van der Waals surface area contributed by atoms with Crippen molar-refractivity contribution in [1.29, 1.82) is 0 Å². The van der Waals surface area contributed by atoms with Crippen molar-refractivity contribution in [2.24, 2.45) is 0 Å². The third-order valence-electron chi connectivity index (χ3n) is 2.16. The van der Waals surface area contributed by atoms with E-state index in [2.05, 4.69) is 6.92 Å². The number of thiol groups is 1. The molecule has 0 amide bonds. The van der Waals surface area contributed by atoms with E-state index >= 15 is 0 Å². The van der Waals surface area contributed by atoms with Crippen molar-refractivity contribution >= 4 is 10.7 Å². The predicted molar refractivity (Wildman–Crippen MR) is 53.8 cm³/mol. The molecule has 0 atom stereocenters. The summed E-state index contributed by atoms with van der Waals surface area (Å²) in [6.07, 6.45) is 1.85. The smallest absolute Gasteiger partial charge is 0.168 e. The van der Waals surface area contributed by atoms with Gasteiger partial charge in [0.1, 0.15) is 0 Å². The Hall–Kier alpha value is -0.830. The van der Waals surface area contributed by atoms with Gasteiger partial charge in [-0.3, -0.25) is 0 Å². The van der Waals surface area contributed by atoms with Crippen LogP contribution in [0.3, 0.4) is 0 Å². The molecule has 1 aromatic carbocycles. The molecular weight excluding hydrogens is 184 g/mol. The van der Waals surface area contributed by atoms with Gasteiger partial charge in [-0.05, 0) is 36.1 Å². The largest absolute Gasteiger partial charge is 0.227 e. The summed E-state index contributed by atoms with van der Waals surface area (Å²) in [5.41, 5.74) is 2.38. The van der Waals surface area contributed by atoms with Crippen LogP contribution >= 0.6 is 0 Å². The molecule has 0 saturated heterocycles. The summed E-state index contributed by atoms with van der Waals surface area (Å²) >= 11 is 0. The van der Waals surface area contributed by atoms with E-state index in [4.69, 9.17) is 0 Å². The summed E-state index contributed by atoms with van der Waals surface area (Å²) in [6, 6.07) is 5.34. The van der Waals surface area contributed by atoms with E-state index in [0.717, 1.165) is 18.4 Å². The zero-order chi connectivity index (χ0) is 9.84. The first-order valence-corrected chi connectivity index (χ1v) is 5.63. The molecule has 0 fully saturated rings. The first-order valence-electron chi connectivity index (χ1n) is 4.45. The fourth-order valence-corrected chi connectivity index (χ4v) is 1.86. The molecule has 0 aliphatic carbocycles. The lowest BCUT2D eigenvalue weighted by Crippen LogP contribution is -1.92. The predicted octanol–water partition coefficient (Wildman–Crippen LogP) is 1.78. The second kappa shape index (κ2) is 4.42. The van der Waals surface area contributed by atoms with Gasteiger partial charge >= 0.3 is 0 Å². The van der Waals surface area contributed by atoms with Gasteiger partial charge in [0.2, 0.25) is 0 Å². The highest BCUT2D eigenvalue weighted by Crippen LogP contribution is 2.14. The molecule has 0 unspecified atom stereocenters. The average Bonchev–Trinajstić information content (AvgIpc) is 2.16. The monoisotopic (exact) mass is 198 g/mol. The van der Waals surface area contributed by atoms with E-state index in [9.17, 15) is 8.42 Å². The Morgan fingerprint density at radius 1 is 1.08 bits per heavy atom. The normalized spacial score (nSPS) is 10.7. The molecule has 1 rings (SSSR count). The van der Waals surface area contributed by atoms with E-state index in [-0.39, 0.29) is 0 Å². The van der Waals surface area contributed by atoms with Crippen LogP contribution in [-0.4, -0.2) is 8.42 Å². The Kier molecular flexibility index (Phi) is 3.48. The van der Waals surface area contributed by atoms with Crippen molar-refractivity contribution in [1.82, 2.24) is 0 Å². The maximum atomic E-state index is 10.7. The third kappa shape index (κ3) is 2.31. The summed E-state index contributed by atoms with van der Waals surface area (Å²) in [5, 5.41) is 0. The van der Waals surface area contributed by atoms with Gasteiger partial charge in [-0.1, -0.05) is 19.9 Å². The van der Waals surface area contributed by atoms with Crippen molar-refractivity contribution in [2.45, 2.75) is 31.6 Å². The van der Waals surface area contributed by atoms with Crippen molar-refractivity contribution < 1.29 is 8.42 Å². The molecule has 0 radical (unpaired) electrons. The third-order valence-corrected chi connectivity index (χ3v) is 2.86. The molecule has 0 N–H and O–H groups in total. The molecule has 0 spiro atoms. The van der Waals surface area contributed by atoms with Crippen molar-refractivity contribution in [3.63, 3.8) is 0 Å². The molecule has 3 heteroatoms. The standard InChI is InChI=1S/C10H14O2S/c1-3-8-5-6-10(13(11)12)7-9(8)4-2/h5-7,13H,3-4H2,1-2H3. The van der Waals surface area contributed by atoms with Gasteiger partial charge in [0, 0.05) is 0 Å². The Bertz CT molecular complexity index is 359. The molecular formula is C10H14O2S. The van der Waals surface area contributed by atoms with Crippen LogP contribution in [0.1, 0.15) is 25.0 Å². The number of benzene rings is 1. The second-order valence-corrected chi connectivity index (χ2v) is 3.95. The van der Waals surface area contributed by atoms with Crippen LogP contribution in [0.25, 0.3) is 0 Å². The Balaban J connectivity index is 3.20. The van der Waals surface area contributed by atoms with E-state index in [1.165, 1.54) is 5.56 Å². The van der Waals surface area contributed by atoms with Crippen molar-refractivity contribution in [3.8, 4) is 0 Å². The molecule has 0 aliphatic rings. The number of rotatable bonds is 3. The lowest BCUT2D eigenvalue weighted by atomic mass is 10.0. The van der Waals surface area contributed by atoms with Gasteiger partial charge in [0.25, 0.3) is 0 Å². The highest BCUT2D eigenvalue weighted by molar-refractivity contribution is 7.72. The summed E-state index contributed by atoms with van der Waals surface area (Å²) in [7, 11) is -2.43. The maximum Gasteiger partial charge on any atom is 0.168 e. The molecule has 72 valence electrons. The van der Waals surface area contributed by atoms with E-state index in [1.807, 2.05) is 13.0 Å². The molecule has 0 aliphatic heterocycles. The number of aryl methyl sites for hydroxylation is 2. The molecule has 1 aromatic rings. The molecule has 2 nitrogen and oxygen atoms in total. The fraction of sp³-hybridized carbons (Fsp3) is 0.400. The Morgan fingerprint density at radius 2 is 1.69 bits per heavy atom. The van der Waals surface area contributed by atoms with Gasteiger partial charge in [-0.2, -0.15) is 0 Å². The quantitative estimate of drug-likeness (QED) is 0.751. The van der Waals surface area contributed by atoms with Crippen LogP contribution in [0.2, 0.25) is 0 Å². The minimum Gasteiger partial charge on any atom is -0.227 e. The van der Waals surface area contributed by atoms with Crippen LogP contribution in [0.5, 0.6) is 0 Å². The van der Waals surface area contributed by atoms with Gasteiger partial charge in [0.05, 0.1) is 4.90 Å². The highest BCUT2D eigenvalue weighted by Gasteiger charge is 2.01. The van der Waals surface area contributed by atoms with Gasteiger partial charge < -0.3 is 0 Å². The number of hydrogen-bond acceptors (Lipinski definition) is 2. The first kappa shape index (κ1) is 10.3. The first-order chi connectivity index (χ1) is 6.19. The molecule has 13 heavy (non-hydrogen) atoms. The van der Waals surface area contributed by atoms with Gasteiger partial charge in [-0.25, -0.2) is 8.42 Å². The van der Waals surface area contributed by atoms with Gasteiger partial charge in [0.15, 0.2) is 10.7 Å². The topological polar surface area (TPSA) is 34.1 Å². The zero-order valence-electron chi connectivity index (χ0n) is 7.91. The van der Waals surface area contributed by atoms with Crippen LogP contribution < -0.4 is 0 Å². The molecule has 0 bridgehead atoms. The highest BCUT2D eigenvalue weighted by atomic mass is 32.2. The lowest BCUT2D eigenvalue weighted by Gasteiger charge is -2.05. The van der Waals surface area contributed by atoms with E-state index in [1.54, 1.807) is 12.1 Å². The minimum absolute atomic E-state index is 0.420. The van der Waals surface area contributed by atoms with Crippen molar-refractivity contribution in [2.75, 3.05) is 0 Å². The molecule has 0 saturated carbocycles. The average molecular weight is 198 g/mol. The van der Waals surface area contributed by atoms with Crippen LogP contribution in [0.15, 0.2) is 23.1 Å². The fourth-order valence-electron chi connectivity index (χ4n) is 1.40. The van der Waals surface area contributed by atoms with Crippen molar-refractivity contribution in [3.05, 3.63) is 29.3 Å². The van der Waals surface area contributed by atoms with E-state index in [0.29, 0.717) is 4.90 Å². The lowest BCUT2D eigenvalue weighted by molar-refractivity contribution is 0.614. The van der Waals surface area contributed by atoms with Gasteiger partial charge in [-0.15, -0.1) is 0 Å². The maximum absolute atomic E-state index is 10.7. The van der Waals surface area contributed by atoms with Crippen LogP contribution in [0, 0.1) is 0 Å². The number of hydrogen-bond donors (Lipinski definition) is 1. The summed E-state index contributed by atoms with van der Waals surface area (Å²) < 4.78 is 21.4. The Labute approximate surface area is 80.5 Å². The minimum atomic E-state index is -2.43. The molecule has 0 aromatic heterocycles. The zero-order valence-corrected chi connectivity index (χ0v) is 8.80. The molecule has 0 heterocycles. The SMILES string of the molecule is CCc1ccc([SH](=O)=O)cc1CC. The summed E-state index contributed by atoms with van der Waals surface area (Å²) in [4.78, 5) is 0.420. The van der Waals surface area contributed by atoms with E-state index < -0.39 is 10.7 Å². The Morgan fingerprint density at radius 3 is 2.15 bits per heavy atom. The van der Waals surface area contributed by atoms with Crippen LogP contribution in [-0.2, 0) is 23.5 Å². The van der Waals surface area contributed by atoms with Crippen LogP contribution in [0.4, 0.5) is 0 Å². The summed E-state index contributed by atoms with van der Waals surface area (Å²) in [5.74, 6) is 0. The second-order valence-electron chi connectivity index (χ2n) is 2.92.